The highest BCUT2D eigenvalue weighted by Gasteiger charge is 2.33. The van der Waals surface area contributed by atoms with Gasteiger partial charge in [-0.25, -0.2) is 0 Å². The zero-order chi connectivity index (χ0) is 12.7. The second kappa shape index (κ2) is 4.67. The second-order valence-electron chi connectivity index (χ2n) is 5.08. The van der Waals surface area contributed by atoms with E-state index in [1.54, 1.807) is 6.92 Å². The van der Waals surface area contributed by atoms with Crippen molar-refractivity contribution in [3.8, 4) is 0 Å². The van der Waals surface area contributed by atoms with Gasteiger partial charge in [0.1, 0.15) is 0 Å². The molecular weight excluding hydrogens is 294 g/mol. The lowest BCUT2D eigenvalue weighted by Crippen LogP contribution is -2.42. The maximum Gasteiger partial charge on any atom is 0.160 e. The molecule has 2 aliphatic rings. The van der Waals surface area contributed by atoms with Crippen LogP contribution in [0, 0.1) is 0 Å². The van der Waals surface area contributed by atoms with Crippen LogP contribution in [0.15, 0.2) is 22.7 Å². The number of anilines is 1. The van der Waals surface area contributed by atoms with E-state index >= 15 is 0 Å². The maximum absolute atomic E-state index is 11.4. The third-order valence-electron chi connectivity index (χ3n) is 3.74. The number of carbonyl (C=O) groups excluding carboxylic acids is 1. The van der Waals surface area contributed by atoms with Crippen LogP contribution in [0.2, 0.25) is 0 Å². The Labute approximate surface area is 115 Å². The number of ketones is 1. The molecular formula is C14H16BrNO2. The fourth-order valence-electron chi connectivity index (χ4n) is 2.81. The monoisotopic (exact) mass is 309 g/mol. The first-order valence-electron chi connectivity index (χ1n) is 6.34. The Hall–Kier alpha value is -0.870. The predicted octanol–water partition coefficient (Wildman–Crippen LogP) is 3.02. The van der Waals surface area contributed by atoms with E-state index in [9.17, 15) is 4.79 Å². The summed E-state index contributed by atoms with van der Waals surface area (Å²) in [5.41, 5.74) is 1.92. The Kier molecular flexibility index (Phi) is 3.16. The van der Waals surface area contributed by atoms with E-state index in [4.69, 9.17) is 4.74 Å². The third-order valence-corrected chi connectivity index (χ3v) is 4.40. The summed E-state index contributed by atoms with van der Waals surface area (Å²) in [5.74, 6) is 0.0930. The van der Waals surface area contributed by atoms with Gasteiger partial charge in [0.05, 0.1) is 12.2 Å². The zero-order valence-corrected chi connectivity index (χ0v) is 11.9. The molecule has 1 aromatic rings. The number of fused-ring (bicyclic) bond motifs is 2. The van der Waals surface area contributed by atoms with E-state index in [2.05, 4.69) is 20.8 Å². The minimum atomic E-state index is 0.0930. The highest BCUT2D eigenvalue weighted by atomic mass is 79.9. The fourth-order valence-corrected chi connectivity index (χ4v) is 3.46. The molecule has 0 N–H and O–H groups in total. The van der Waals surface area contributed by atoms with Crippen molar-refractivity contribution in [2.45, 2.75) is 32.0 Å². The van der Waals surface area contributed by atoms with Crippen LogP contribution in [-0.4, -0.2) is 31.1 Å². The molecule has 0 radical (unpaired) electrons. The molecule has 3 nitrogen and oxygen atoms in total. The smallest absolute Gasteiger partial charge is 0.160 e. The van der Waals surface area contributed by atoms with Crippen molar-refractivity contribution >= 4 is 27.4 Å². The number of Topliss-reactive ketones (excluding diaryl/α,β-unsaturated/α-hetero) is 1. The van der Waals surface area contributed by atoms with Gasteiger partial charge in [0.25, 0.3) is 0 Å². The van der Waals surface area contributed by atoms with Crippen molar-refractivity contribution in [1.29, 1.82) is 0 Å². The Morgan fingerprint density at radius 1 is 1.33 bits per heavy atom. The van der Waals surface area contributed by atoms with Gasteiger partial charge in [-0.15, -0.1) is 0 Å². The molecule has 2 atom stereocenters. The molecule has 2 aliphatic heterocycles. The number of hydrogen-bond acceptors (Lipinski definition) is 3. The molecule has 0 spiro atoms. The summed E-state index contributed by atoms with van der Waals surface area (Å²) in [4.78, 5) is 13.8. The molecule has 2 unspecified atom stereocenters. The van der Waals surface area contributed by atoms with Crippen molar-refractivity contribution in [3.63, 3.8) is 0 Å². The predicted molar refractivity (Wildman–Crippen MR) is 74.3 cm³/mol. The van der Waals surface area contributed by atoms with Gasteiger partial charge in [0.15, 0.2) is 5.78 Å². The number of hydrogen-bond donors (Lipinski definition) is 0. The van der Waals surface area contributed by atoms with Crippen LogP contribution in [0.3, 0.4) is 0 Å². The maximum atomic E-state index is 11.4. The lowest BCUT2D eigenvalue weighted by molar-refractivity contribution is 0.0305. The second-order valence-corrected chi connectivity index (χ2v) is 5.94. The van der Waals surface area contributed by atoms with Crippen LogP contribution < -0.4 is 4.90 Å². The van der Waals surface area contributed by atoms with E-state index in [1.807, 2.05) is 18.2 Å². The Balaban J connectivity index is 1.84. The number of ether oxygens (including phenoxy) is 1. The first-order valence-corrected chi connectivity index (χ1v) is 7.13. The average Bonchev–Trinajstić information content (AvgIpc) is 2.67. The molecule has 0 aliphatic carbocycles. The number of morpholine rings is 1. The van der Waals surface area contributed by atoms with Crippen molar-refractivity contribution in [3.05, 3.63) is 28.2 Å². The Morgan fingerprint density at radius 2 is 2.00 bits per heavy atom. The topological polar surface area (TPSA) is 29.5 Å². The van der Waals surface area contributed by atoms with Crippen LogP contribution in [0.25, 0.3) is 0 Å². The summed E-state index contributed by atoms with van der Waals surface area (Å²) in [6, 6.07) is 5.98. The van der Waals surface area contributed by atoms with Gasteiger partial charge in [-0.3, -0.25) is 4.79 Å². The fraction of sp³-hybridized carbons (Fsp3) is 0.500. The number of nitrogens with zero attached hydrogens (tertiary/aromatic N) is 1. The molecule has 0 saturated carbocycles. The van der Waals surface area contributed by atoms with Gasteiger partial charge in [0, 0.05) is 28.8 Å². The molecule has 0 aromatic heterocycles. The van der Waals surface area contributed by atoms with E-state index in [-0.39, 0.29) is 5.78 Å². The third kappa shape index (κ3) is 2.19. The normalized spacial score (nSPS) is 26.4. The molecule has 0 amide bonds. The Bertz CT molecular complexity index is 477. The average molecular weight is 310 g/mol. The molecule has 4 heteroatoms. The zero-order valence-electron chi connectivity index (χ0n) is 10.4. The summed E-state index contributed by atoms with van der Waals surface area (Å²) < 4.78 is 6.71. The van der Waals surface area contributed by atoms with Crippen molar-refractivity contribution in [1.82, 2.24) is 0 Å². The van der Waals surface area contributed by atoms with Crippen LogP contribution in [0.1, 0.15) is 30.1 Å². The van der Waals surface area contributed by atoms with E-state index in [0.29, 0.717) is 12.2 Å². The van der Waals surface area contributed by atoms with Gasteiger partial charge in [-0.05, 0) is 53.9 Å². The molecule has 2 bridgehead atoms. The largest absolute Gasteiger partial charge is 0.371 e. The van der Waals surface area contributed by atoms with Gasteiger partial charge in [-0.2, -0.15) is 0 Å². The highest BCUT2D eigenvalue weighted by molar-refractivity contribution is 9.10. The van der Waals surface area contributed by atoms with Crippen molar-refractivity contribution < 1.29 is 9.53 Å². The molecule has 2 fully saturated rings. The van der Waals surface area contributed by atoms with E-state index in [1.165, 1.54) is 18.5 Å². The SMILES string of the molecule is CC(=O)c1ccc(N2CC3CCC(C2)O3)cc1Br. The van der Waals surface area contributed by atoms with E-state index < -0.39 is 0 Å². The molecule has 2 saturated heterocycles. The quantitative estimate of drug-likeness (QED) is 0.787. The first kappa shape index (κ1) is 12.2. The summed E-state index contributed by atoms with van der Waals surface area (Å²) in [6.07, 6.45) is 3.12. The van der Waals surface area contributed by atoms with E-state index in [0.717, 1.165) is 23.1 Å². The summed E-state index contributed by atoms with van der Waals surface area (Å²) in [5, 5.41) is 0. The number of rotatable bonds is 2. The van der Waals surface area contributed by atoms with Crippen LogP contribution in [0.4, 0.5) is 5.69 Å². The van der Waals surface area contributed by atoms with Gasteiger partial charge >= 0.3 is 0 Å². The van der Waals surface area contributed by atoms with Gasteiger partial charge in [0.2, 0.25) is 0 Å². The first-order chi connectivity index (χ1) is 8.63. The number of halogens is 1. The van der Waals surface area contributed by atoms with Gasteiger partial charge in [-0.1, -0.05) is 0 Å². The molecule has 3 rings (SSSR count). The van der Waals surface area contributed by atoms with Crippen LogP contribution >= 0.6 is 15.9 Å². The van der Waals surface area contributed by atoms with Crippen LogP contribution in [0.5, 0.6) is 0 Å². The van der Waals surface area contributed by atoms with Gasteiger partial charge < -0.3 is 9.64 Å². The summed E-state index contributed by atoms with van der Waals surface area (Å²) in [6.45, 7) is 3.51. The molecule has 2 heterocycles. The number of benzene rings is 1. The van der Waals surface area contributed by atoms with Crippen molar-refractivity contribution in [2.75, 3.05) is 18.0 Å². The minimum absolute atomic E-state index is 0.0930. The number of carbonyl (C=O) groups is 1. The molecule has 96 valence electrons. The van der Waals surface area contributed by atoms with Crippen LogP contribution in [-0.2, 0) is 4.74 Å². The lowest BCUT2D eigenvalue weighted by Gasteiger charge is -2.34. The summed E-state index contributed by atoms with van der Waals surface area (Å²) in [7, 11) is 0. The Morgan fingerprint density at radius 3 is 2.56 bits per heavy atom. The molecule has 18 heavy (non-hydrogen) atoms. The standard InChI is InChI=1S/C14H16BrNO2/c1-9(17)13-5-2-10(6-14(13)15)16-7-11-3-4-12(8-16)18-11/h2,5-6,11-12H,3-4,7-8H2,1H3. The lowest BCUT2D eigenvalue weighted by atomic mass is 10.1. The molecule has 1 aromatic carbocycles. The minimum Gasteiger partial charge on any atom is -0.371 e. The highest BCUT2D eigenvalue weighted by Crippen LogP contribution is 2.31. The van der Waals surface area contributed by atoms with Crippen molar-refractivity contribution in [2.24, 2.45) is 0 Å². The summed E-state index contributed by atoms with van der Waals surface area (Å²) >= 11 is 3.48.